The molecule has 3 heteroatoms. The van der Waals surface area contributed by atoms with Crippen LogP contribution < -0.4 is 5.32 Å². The van der Waals surface area contributed by atoms with Crippen LogP contribution in [0.5, 0.6) is 0 Å². The maximum absolute atomic E-state index is 9.04. The maximum atomic E-state index is 9.04. The van der Waals surface area contributed by atoms with Gasteiger partial charge in [-0.3, -0.25) is 0 Å². The lowest BCUT2D eigenvalue weighted by molar-refractivity contribution is 0.525. The summed E-state index contributed by atoms with van der Waals surface area (Å²) in [7, 11) is 0. The van der Waals surface area contributed by atoms with Crippen molar-refractivity contribution in [3.8, 4) is 6.07 Å². The van der Waals surface area contributed by atoms with Crippen molar-refractivity contribution in [3.05, 3.63) is 35.4 Å². The zero-order valence-electron chi connectivity index (χ0n) is 10.9. The minimum Gasteiger partial charge on any atom is -0.310 e. The van der Waals surface area contributed by atoms with Crippen LogP contribution in [-0.2, 0) is 6.54 Å². The van der Waals surface area contributed by atoms with Crippen molar-refractivity contribution < 1.29 is 0 Å². The van der Waals surface area contributed by atoms with Crippen molar-refractivity contribution in [1.29, 1.82) is 5.26 Å². The number of thioether (sulfide) groups is 1. The van der Waals surface area contributed by atoms with Crippen LogP contribution in [0.4, 0.5) is 0 Å². The first-order chi connectivity index (χ1) is 8.83. The van der Waals surface area contributed by atoms with Crippen molar-refractivity contribution in [3.63, 3.8) is 0 Å². The molecular weight excluding hydrogens is 240 g/mol. The second-order valence-corrected chi connectivity index (χ2v) is 6.31. The van der Waals surface area contributed by atoms with E-state index in [1.54, 1.807) is 0 Å². The fourth-order valence-electron chi connectivity index (χ4n) is 2.55. The van der Waals surface area contributed by atoms with E-state index < -0.39 is 0 Å². The zero-order valence-corrected chi connectivity index (χ0v) is 11.7. The second-order valence-electron chi connectivity index (χ2n) is 4.74. The molecule has 1 fully saturated rings. The molecule has 1 aromatic carbocycles. The van der Waals surface area contributed by atoms with Crippen LogP contribution in [0.15, 0.2) is 24.3 Å². The molecule has 2 nitrogen and oxygen atoms in total. The van der Waals surface area contributed by atoms with Gasteiger partial charge in [0.1, 0.15) is 0 Å². The van der Waals surface area contributed by atoms with Crippen LogP contribution >= 0.6 is 11.8 Å². The number of benzene rings is 1. The van der Waals surface area contributed by atoms with Gasteiger partial charge in [-0.05, 0) is 36.6 Å². The third kappa shape index (κ3) is 3.51. The van der Waals surface area contributed by atoms with Gasteiger partial charge in [0.05, 0.1) is 11.6 Å². The molecule has 0 heterocycles. The Morgan fingerprint density at radius 3 is 3.00 bits per heavy atom. The minimum atomic E-state index is 0.626. The highest BCUT2D eigenvalue weighted by atomic mass is 32.2. The summed E-state index contributed by atoms with van der Waals surface area (Å²) in [5, 5.41) is 13.5. The Bertz CT molecular complexity index is 425. The van der Waals surface area contributed by atoms with Crippen LogP contribution in [0.1, 0.15) is 37.3 Å². The van der Waals surface area contributed by atoms with Crippen molar-refractivity contribution in [2.45, 2.75) is 44.0 Å². The Morgan fingerprint density at radius 2 is 2.22 bits per heavy atom. The molecular formula is C15H20N2S. The molecule has 0 saturated heterocycles. The number of nitrogens with zero attached hydrogens (tertiary/aromatic N) is 1. The molecule has 2 rings (SSSR count). The van der Waals surface area contributed by atoms with Crippen molar-refractivity contribution in [2.75, 3.05) is 5.75 Å². The van der Waals surface area contributed by atoms with Crippen molar-refractivity contribution >= 4 is 11.8 Å². The largest absolute Gasteiger partial charge is 0.310 e. The number of rotatable bonds is 5. The number of nitrogens with one attached hydrogen (secondary N) is 1. The monoisotopic (exact) mass is 260 g/mol. The molecule has 1 aliphatic rings. The average molecular weight is 260 g/mol. The van der Waals surface area contributed by atoms with Gasteiger partial charge < -0.3 is 5.32 Å². The van der Waals surface area contributed by atoms with E-state index >= 15 is 0 Å². The predicted molar refractivity (Wildman–Crippen MR) is 77.6 cm³/mol. The molecule has 0 amide bonds. The van der Waals surface area contributed by atoms with Gasteiger partial charge in [0.2, 0.25) is 0 Å². The molecule has 0 radical (unpaired) electrons. The summed E-state index contributed by atoms with van der Waals surface area (Å²) in [6, 6.07) is 10.7. The summed E-state index contributed by atoms with van der Waals surface area (Å²) >= 11 is 2.08. The lowest BCUT2D eigenvalue weighted by Crippen LogP contribution is -2.26. The van der Waals surface area contributed by atoms with Gasteiger partial charge in [0.25, 0.3) is 0 Å². The summed E-state index contributed by atoms with van der Waals surface area (Å²) in [5.41, 5.74) is 1.91. The molecule has 1 N–H and O–H groups in total. The molecule has 2 unspecified atom stereocenters. The summed E-state index contributed by atoms with van der Waals surface area (Å²) in [4.78, 5) is 0. The lowest BCUT2D eigenvalue weighted by atomic mass is 10.1. The van der Waals surface area contributed by atoms with E-state index in [-0.39, 0.29) is 0 Å². The van der Waals surface area contributed by atoms with E-state index in [1.165, 1.54) is 25.0 Å². The topological polar surface area (TPSA) is 35.8 Å². The first kappa shape index (κ1) is 13.5. The number of nitriles is 1. The summed E-state index contributed by atoms with van der Waals surface area (Å²) in [6.07, 6.45) is 3.87. The molecule has 0 spiro atoms. The van der Waals surface area contributed by atoms with Gasteiger partial charge in [-0.25, -0.2) is 0 Å². The molecule has 0 aliphatic heterocycles. The predicted octanol–water partition coefficient (Wildman–Crippen LogP) is 3.32. The Balaban J connectivity index is 1.84. The van der Waals surface area contributed by atoms with Gasteiger partial charge in [-0.1, -0.05) is 25.1 Å². The SMILES string of the molecule is CCSC1CCC(NCc2ccccc2C#N)C1. The summed E-state index contributed by atoms with van der Waals surface area (Å²) in [5.74, 6) is 1.22. The van der Waals surface area contributed by atoms with Crippen LogP contribution in [0.3, 0.4) is 0 Å². The average Bonchev–Trinajstić information content (AvgIpc) is 2.85. The molecule has 1 saturated carbocycles. The first-order valence-corrected chi connectivity index (χ1v) is 7.71. The number of hydrogen-bond donors (Lipinski definition) is 1. The molecule has 0 aromatic heterocycles. The maximum Gasteiger partial charge on any atom is 0.0995 e. The van der Waals surface area contributed by atoms with Crippen LogP contribution in [-0.4, -0.2) is 17.0 Å². The Labute approximate surface area is 114 Å². The quantitative estimate of drug-likeness (QED) is 0.882. The van der Waals surface area contributed by atoms with Gasteiger partial charge >= 0.3 is 0 Å². The molecule has 1 aliphatic carbocycles. The van der Waals surface area contributed by atoms with Gasteiger partial charge in [0, 0.05) is 17.8 Å². The van der Waals surface area contributed by atoms with Gasteiger partial charge in [-0.2, -0.15) is 17.0 Å². The highest BCUT2D eigenvalue weighted by Crippen LogP contribution is 2.29. The van der Waals surface area contributed by atoms with E-state index in [1.807, 2.05) is 24.3 Å². The highest BCUT2D eigenvalue weighted by molar-refractivity contribution is 7.99. The zero-order chi connectivity index (χ0) is 12.8. The molecule has 2 atom stereocenters. The molecule has 1 aromatic rings. The standard InChI is InChI=1S/C15H20N2S/c1-2-18-15-8-7-14(9-15)17-11-13-6-4-3-5-12(13)10-16/h3-6,14-15,17H,2,7-9,11H2,1H3. The number of hydrogen-bond acceptors (Lipinski definition) is 3. The van der Waals surface area contributed by atoms with E-state index in [4.69, 9.17) is 5.26 Å². The fraction of sp³-hybridized carbons (Fsp3) is 0.533. The smallest absolute Gasteiger partial charge is 0.0995 e. The summed E-state index contributed by atoms with van der Waals surface area (Å²) < 4.78 is 0. The Hall–Kier alpha value is -0.980. The van der Waals surface area contributed by atoms with E-state index in [0.717, 1.165) is 22.9 Å². The highest BCUT2D eigenvalue weighted by Gasteiger charge is 2.23. The third-order valence-electron chi connectivity index (χ3n) is 3.51. The Kier molecular flexibility index (Phi) is 5.10. The van der Waals surface area contributed by atoms with Crippen molar-refractivity contribution in [1.82, 2.24) is 5.32 Å². The summed E-state index contributed by atoms with van der Waals surface area (Å²) in [6.45, 7) is 3.05. The lowest BCUT2D eigenvalue weighted by Gasteiger charge is -2.13. The van der Waals surface area contributed by atoms with Crippen molar-refractivity contribution in [2.24, 2.45) is 0 Å². The minimum absolute atomic E-state index is 0.626. The third-order valence-corrected chi connectivity index (χ3v) is 4.74. The van der Waals surface area contributed by atoms with Crippen LogP contribution in [0, 0.1) is 11.3 Å². The van der Waals surface area contributed by atoms with E-state index in [0.29, 0.717) is 6.04 Å². The fourth-order valence-corrected chi connectivity index (χ4v) is 3.69. The Morgan fingerprint density at radius 1 is 1.39 bits per heavy atom. The van der Waals surface area contributed by atoms with Crippen LogP contribution in [0.25, 0.3) is 0 Å². The molecule has 96 valence electrons. The van der Waals surface area contributed by atoms with E-state index in [9.17, 15) is 0 Å². The van der Waals surface area contributed by atoms with Crippen LogP contribution in [0.2, 0.25) is 0 Å². The first-order valence-electron chi connectivity index (χ1n) is 6.66. The molecule has 0 bridgehead atoms. The van der Waals surface area contributed by atoms with E-state index in [2.05, 4.69) is 30.1 Å². The van der Waals surface area contributed by atoms with Gasteiger partial charge in [0.15, 0.2) is 0 Å². The molecule has 18 heavy (non-hydrogen) atoms. The second kappa shape index (κ2) is 6.82. The normalized spacial score (nSPS) is 22.9. The van der Waals surface area contributed by atoms with Gasteiger partial charge in [-0.15, -0.1) is 0 Å².